The minimum atomic E-state index is -3.28. The highest BCUT2D eigenvalue weighted by atomic mass is 32.2. The van der Waals surface area contributed by atoms with Crippen LogP contribution in [0, 0.1) is 5.92 Å². The van der Waals surface area contributed by atoms with E-state index in [9.17, 15) is 8.42 Å². The van der Waals surface area contributed by atoms with E-state index in [0.717, 1.165) is 11.6 Å². The molecule has 1 aromatic rings. The quantitative estimate of drug-likeness (QED) is 0.783. The van der Waals surface area contributed by atoms with Gasteiger partial charge >= 0.3 is 0 Å². The van der Waals surface area contributed by atoms with Crippen LogP contribution in [0.2, 0.25) is 0 Å². The van der Waals surface area contributed by atoms with Crippen molar-refractivity contribution < 1.29 is 8.42 Å². The van der Waals surface area contributed by atoms with Crippen LogP contribution in [0.4, 0.5) is 11.4 Å². The van der Waals surface area contributed by atoms with Gasteiger partial charge < -0.3 is 10.6 Å². The molecule has 2 saturated carbocycles. The first-order valence-electron chi connectivity index (χ1n) is 8.43. The topological polar surface area (TPSA) is 61.4 Å². The molecule has 0 saturated heterocycles. The van der Waals surface area contributed by atoms with Crippen molar-refractivity contribution in [1.82, 2.24) is 5.32 Å². The maximum absolute atomic E-state index is 11.7. The van der Waals surface area contributed by atoms with Crippen LogP contribution in [0.5, 0.6) is 0 Å². The van der Waals surface area contributed by atoms with E-state index < -0.39 is 10.0 Å². The van der Waals surface area contributed by atoms with Crippen LogP contribution in [-0.2, 0) is 10.0 Å². The molecule has 5 nitrogen and oxygen atoms in total. The molecule has 132 valence electrons. The molecule has 0 bridgehead atoms. The minimum absolute atomic E-state index is 0.172. The molecule has 0 heterocycles. The maximum atomic E-state index is 11.7. The fourth-order valence-electron chi connectivity index (χ4n) is 3.64. The second-order valence-electron chi connectivity index (χ2n) is 7.00. The summed E-state index contributed by atoms with van der Waals surface area (Å²) < 4.78 is 24.6. The van der Waals surface area contributed by atoms with Gasteiger partial charge in [0.25, 0.3) is 0 Å². The fraction of sp³-hybridized carbons (Fsp3) is 0.588. The lowest BCUT2D eigenvalue weighted by Crippen LogP contribution is -2.49. The molecule has 3 rings (SSSR count). The van der Waals surface area contributed by atoms with Crippen LogP contribution in [0.3, 0.4) is 0 Å². The average molecular weight is 368 g/mol. The molecule has 0 unspecified atom stereocenters. The molecule has 24 heavy (non-hydrogen) atoms. The second kappa shape index (κ2) is 6.52. The van der Waals surface area contributed by atoms with Gasteiger partial charge in [-0.2, -0.15) is 0 Å². The minimum Gasteiger partial charge on any atom is -0.357 e. The molecule has 0 radical (unpaired) electrons. The first-order valence-corrected chi connectivity index (χ1v) is 10.7. The Hall–Kier alpha value is -1.34. The van der Waals surface area contributed by atoms with Crippen molar-refractivity contribution in [3.05, 3.63) is 24.3 Å². The third-order valence-corrected chi connectivity index (χ3v) is 6.59. The summed E-state index contributed by atoms with van der Waals surface area (Å²) in [7, 11) is -1.73. The Morgan fingerprint density at radius 3 is 2.54 bits per heavy atom. The number of anilines is 2. The normalized spacial score (nSPS) is 19.8. The lowest BCUT2D eigenvalue weighted by molar-refractivity contribution is 0.340. The Kier molecular flexibility index (Phi) is 4.75. The highest BCUT2D eigenvalue weighted by Gasteiger charge is 2.47. The van der Waals surface area contributed by atoms with Gasteiger partial charge in [0.15, 0.2) is 5.11 Å². The Morgan fingerprint density at radius 1 is 1.29 bits per heavy atom. The summed E-state index contributed by atoms with van der Waals surface area (Å²) in [5, 5.41) is 7.42. The van der Waals surface area contributed by atoms with E-state index in [0.29, 0.717) is 10.8 Å². The van der Waals surface area contributed by atoms with Gasteiger partial charge in [-0.1, -0.05) is 18.9 Å². The third kappa shape index (κ3) is 3.83. The van der Waals surface area contributed by atoms with Gasteiger partial charge in [0, 0.05) is 18.3 Å². The van der Waals surface area contributed by atoms with E-state index in [-0.39, 0.29) is 5.54 Å². The first kappa shape index (κ1) is 17.5. The standard InChI is InChI=1S/C17H25N3O2S2/c1-20(24(2,21)22)15-7-5-6-14(12-15)18-16(23)19-17(13-8-9-13)10-3-4-11-17/h5-7,12-13H,3-4,8-11H2,1-2H3,(H2,18,19,23). The number of rotatable bonds is 5. The van der Waals surface area contributed by atoms with Gasteiger partial charge in [-0.25, -0.2) is 8.42 Å². The van der Waals surface area contributed by atoms with Gasteiger partial charge in [0.05, 0.1) is 11.9 Å². The Bertz CT molecular complexity index is 723. The van der Waals surface area contributed by atoms with Crippen LogP contribution in [0.25, 0.3) is 0 Å². The van der Waals surface area contributed by atoms with Crippen molar-refractivity contribution in [1.29, 1.82) is 0 Å². The lowest BCUT2D eigenvalue weighted by atomic mass is 9.91. The lowest BCUT2D eigenvalue weighted by Gasteiger charge is -2.32. The molecular weight excluding hydrogens is 342 g/mol. The van der Waals surface area contributed by atoms with Crippen molar-refractivity contribution in [3.63, 3.8) is 0 Å². The summed E-state index contributed by atoms with van der Waals surface area (Å²) in [6.07, 6.45) is 8.70. The molecule has 2 fully saturated rings. The molecular formula is C17H25N3O2S2. The van der Waals surface area contributed by atoms with Crippen LogP contribution in [0.15, 0.2) is 24.3 Å². The highest BCUT2D eigenvalue weighted by molar-refractivity contribution is 7.92. The predicted octanol–water partition coefficient (Wildman–Crippen LogP) is 3.09. The summed E-state index contributed by atoms with van der Waals surface area (Å²) in [5.41, 5.74) is 1.58. The average Bonchev–Trinajstić information content (AvgIpc) is 3.27. The van der Waals surface area contributed by atoms with Gasteiger partial charge in [-0.05, 0) is 62.0 Å². The van der Waals surface area contributed by atoms with Crippen molar-refractivity contribution >= 4 is 38.7 Å². The molecule has 1 aromatic carbocycles. The maximum Gasteiger partial charge on any atom is 0.231 e. The van der Waals surface area contributed by atoms with Crippen LogP contribution in [-0.4, -0.2) is 32.4 Å². The van der Waals surface area contributed by atoms with Crippen LogP contribution in [0.1, 0.15) is 38.5 Å². The summed E-state index contributed by atoms with van der Waals surface area (Å²) in [6.45, 7) is 0. The zero-order valence-electron chi connectivity index (χ0n) is 14.2. The fourth-order valence-corrected chi connectivity index (χ4v) is 4.45. The largest absolute Gasteiger partial charge is 0.357 e. The summed E-state index contributed by atoms with van der Waals surface area (Å²) in [4.78, 5) is 0. The number of thiocarbonyl (C=S) groups is 1. The van der Waals surface area contributed by atoms with Gasteiger partial charge in [0.2, 0.25) is 10.0 Å². The van der Waals surface area contributed by atoms with E-state index in [1.807, 2.05) is 12.1 Å². The SMILES string of the molecule is CN(c1cccc(NC(=S)NC2(C3CC3)CCCC2)c1)S(C)(=O)=O. The summed E-state index contributed by atoms with van der Waals surface area (Å²) in [6, 6.07) is 7.29. The Labute approximate surface area is 149 Å². The molecule has 2 aliphatic rings. The van der Waals surface area contributed by atoms with E-state index in [4.69, 9.17) is 12.2 Å². The third-order valence-electron chi connectivity index (χ3n) is 5.18. The molecule has 2 aliphatic carbocycles. The van der Waals surface area contributed by atoms with Crippen molar-refractivity contribution in [2.75, 3.05) is 22.9 Å². The number of nitrogens with zero attached hydrogens (tertiary/aromatic N) is 1. The van der Waals surface area contributed by atoms with E-state index in [1.54, 1.807) is 19.2 Å². The monoisotopic (exact) mass is 367 g/mol. The van der Waals surface area contributed by atoms with Crippen molar-refractivity contribution in [2.24, 2.45) is 5.92 Å². The van der Waals surface area contributed by atoms with Crippen LogP contribution < -0.4 is 14.9 Å². The Morgan fingerprint density at radius 2 is 1.96 bits per heavy atom. The molecule has 0 atom stereocenters. The molecule has 0 amide bonds. The molecule has 0 spiro atoms. The number of benzene rings is 1. The molecule has 2 N–H and O–H groups in total. The second-order valence-corrected chi connectivity index (χ2v) is 9.42. The molecule has 0 aromatic heterocycles. The Balaban J connectivity index is 1.68. The smallest absolute Gasteiger partial charge is 0.231 e. The summed E-state index contributed by atoms with van der Waals surface area (Å²) in [5.74, 6) is 0.752. The van der Waals surface area contributed by atoms with Gasteiger partial charge in [-0.3, -0.25) is 4.31 Å². The zero-order valence-corrected chi connectivity index (χ0v) is 15.8. The molecule has 7 heteroatoms. The zero-order chi connectivity index (χ0) is 17.4. The van der Waals surface area contributed by atoms with Crippen molar-refractivity contribution in [3.8, 4) is 0 Å². The molecule has 0 aliphatic heterocycles. The highest BCUT2D eigenvalue weighted by Crippen LogP contribution is 2.48. The van der Waals surface area contributed by atoms with Gasteiger partial charge in [0.1, 0.15) is 0 Å². The number of hydrogen-bond acceptors (Lipinski definition) is 3. The van der Waals surface area contributed by atoms with Crippen LogP contribution >= 0.6 is 12.2 Å². The number of hydrogen-bond donors (Lipinski definition) is 2. The summed E-state index contributed by atoms with van der Waals surface area (Å²) >= 11 is 5.52. The number of nitrogens with one attached hydrogen (secondary N) is 2. The van der Waals surface area contributed by atoms with E-state index >= 15 is 0 Å². The van der Waals surface area contributed by atoms with Gasteiger partial charge in [-0.15, -0.1) is 0 Å². The van der Waals surface area contributed by atoms with E-state index in [2.05, 4.69) is 10.6 Å². The van der Waals surface area contributed by atoms with Crippen molar-refractivity contribution in [2.45, 2.75) is 44.1 Å². The first-order chi connectivity index (χ1) is 11.3. The van der Waals surface area contributed by atoms with E-state index in [1.165, 1.54) is 49.1 Å². The number of sulfonamides is 1. The predicted molar refractivity (Wildman–Crippen MR) is 103 cm³/mol.